The number of nitrogens with one attached hydrogen (secondary N) is 1. The monoisotopic (exact) mass is 603 g/mol. The van der Waals surface area contributed by atoms with E-state index < -0.39 is 11.9 Å². The maximum atomic E-state index is 13.5. The van der Waals surface area contributed by atoms with Crippen LogP contribution < -0.4 is 5.32 Å². The zero-order valence-corrected chi connectivity index (χ0v) is 24.1. The number of hydrogen-bond donors (Lipinski definition) is 2. The first-order valence-corrected chi connectivity index (χ1v) is 15.0. The number of hydrogen-bond acceptors (Lipinski definition) is 5. The Bertz CT molecular complexity index is 1660. The van der Waals surface area contributed by atoms with Crippen molar-refractivity contribution in [1.29, 1.82) is 0 Å². The molecule has 1 saturated carbocycles. The summed E-state index contributed by atoms with van der Waals surface area (Å²) in [6.45, 7) is 1.06. The molecule has 214 valence electrons. The second kappa shape index (κ2) is 11.7. The summed E-state index contributed by atoms with van der Waals surface area (Å²) in [6, 6.07) is 17.7. The summed E-state index contributed by atoms with van der Waals surface area (Å²) in [5.41, 5.74) is 3.02. The van der Waals surface area contributed by atoms with E-state index in [-0.39, 0.29) is 28.9 Å². The number of carboxylic acid groups (broad SMARTS) is 1. The fourth-order valence-electron chi connectivity index (χ4n) is 5.23. The molecule has 0 spiro atoms. The van der Waals surface area contributed by atoms with E-state index in [0.29, 0.717) is 40.2 Å². The Hall–Kier alpha value is -4.08. The number of thiazole rings is 1. The van der Waals surface area contributed by atoms with E-state index >= 15 is 0 Å². The summed E-state index contributed by atoms with van der Waals surface area (Å²) < 4.78 is 13.5. The quantitative estimate of drug-likeness (QED) is 0.228. The van der Waals surface area contributed by atoms with E-state index in [2.05, 4.69) is 10.3 Å². The predicted molar refractivity (Wildman–Crippen MR) is 160 cm³/mol. The van der Waals surface area contributed by atoms with Crippen molar-refractivity contribution in [2.45, 2.75) is 37.5 Å². The maximum Gasteiger partial charge on any atom is 0.335 e. The highest BCUT2D eigenvalue weighted by Gasteiger charge is 2.31. The van der Waals surface area contributed by atoms with Crippen LogP contribution in [-0.2, 0) is 0 Å². The highest BCUT2D eigenvalue weighted by molar-refractivity contribution is 7.15. The molecule has 6 rings (SSSR count). The van der Waals surface area contributed by atoms with Crippen molar-refractivity contribution in [2.24, 2.45) is 0 Å². The van der Waals surface area contributed by atoms with Gasteiger partial charge in [0.05, 0.1) is 26.0 Å². The Morgan fingerprint density at radius 1 is 0.929 bits per heavy atom. The number of likely N-dealkylation sites (tertiary alicyclic amines) is 1. The molecule has 2 amide bonds. The van der Waals surface area contributed by atoms with Crippen molar-refractivity contribution in [3.63, 3.8) is 0 Å². The summed E-state index contributed by atoms with van der Waals surface area (Å²) in [5.74, 6) is -1.36. The standard InChI is InChI=1S/C32H27ClFN3O4S/c33-26-12-11-24(35-29(38)27-28(20-7-9-23(34)10-8-20)42-30(36-27)21-3-4-21)17-25(26)31(39)37-15-13-19(14-16-37)18-1-5-22(6-2-18)32(40)41/h1-2,5-12,17,19,21H,3-4,13-16H2,(H,35,38)(H,40,41). The van der Waals surface area contributed by atoms with Gasteiger partial charge in [0.1, 0.15) is 11.5 Å². The van der Waals surface area contributed by atoms with E-state index in [4.69, 9.17) is 16.7 Å². The van der Waals surface area contributed by atoms with Crippen LogP contribution in [0.5, 0.6) is 0 Å². The van der Waals surface area contributed by atoms with Gasteiger partial charge in [0, 0.05) is 24.7 Å². The number of aromatic carboxylic acids is 1. The summed E-state index contributed by atoms with van der Waals surface area (Å²) >= 11 is 7.90. The molecule has 0 unspecified atom stereocenters. The van der Waals surface area contributed by atoms with Crippen LogP contribution in [0.4, 0.5) is 10.1 Å². The van der Waals surface area contributed by atoms with Gasteiger partial charge in [0.2, 0.25) is 0 Å². The smallest absolute Gasteiger partial charge is 0.335 e. The predicted octanol–water partition coefficient (Wildman–Crippen LogP) is 7.45. The minimum absolute atomic E-state index is 0.215. The number of carboxylic acids is 1. The number of carbonyl (C=O) groups is 3. The molecule has 2 heterocycles. The molecule has 2 N–H and O–H groups in total. The van der Waals surface area contributed by atoms with Crippen molar-refractivity contribution < 1.29 is 23.9 Å². The van der Waals surface area contributed by atoms with Gasteiger partial charge in [-0.05, 0) is 85.2 Å². The van der Waals surface area contributed by atoms with Crippen molar-refractivity contribution in [1.82, 2.24) is 9.88 Å². The number of piperidine rings is 1. The molecule has 1 saturated heterocycles. The highest BCUT2D eigenvalue weighted by Crippen LogP contribution is 2.45. The molecule has 0 bridgehead atoms. The number of halogens is 2. The number of anilines is 1. The van der Waals surface area contributed by atoms with Crippen LogP contribution in [0.3, 0.4) is 0 Å². The van der Waals surface area contributed by atoms with Crippen LogP contribution >= 0.6 is 22.9 Å². The maximum absolute atomic E-state index is 13.5. The molecule has 10 heteroatoms. The van der Waals surface area contributed by atoms with Crippen LogP contribution in [0.25, 0.3) is 10.4 Å². The van der Waals surface area contributed by atoms with E-state index in [1.54, 1.807) is 47.4 Å². The van der Waals surface area contributed by atoms with Gasteiger partial charge < -0.3 is 15.3 Å². The van der Waals surface area contributed by atoms with E-state index in [1.165, 1.54) is 23.5 Å². The molecule has 4 aromatic rings. The van der Waals surface area contributed by atoms with Crippen LogP contribution in [-0.4, -0.2) is 45.9 Å². The van der Waals surface area contributed by atoms with Gasteiger partial charge in [-0.2, -0.15) is 0 Å². The zero-order valence-electron chi connectivity index (χ0n) is 22.5. The average molecular weight is 604 g/mol. The van der Waals surface area contributed by atoms with Gasteiger partial charge in [-0.3, -0.25) is 9.59 Å². The Labute approximate surface area is 251 Å². The number of benzene rings is 3. The summed E-state index contributed by atoms with van der Waals surface area (Å²) in [4.78, 5) is 45.1. The minimum Gasteiger partial charge on any atom is -0.478 e. The number of aromatic nitrogens is 1. The van der Waals surface area contributed by atoms with Crippen molar-refractivity contribution in [3.8, 4) is 10.4 Å². The fourth-order valence-corrected chi connectivity index (χ4v) is 6.67. The summed E-state index contributed by atoms with van der Waals surface area (Å²) in [7, 11) is 0. The molecule has 2 aliphatic rings. The molecule has 1 aromatic heterocycles. The van der Waals surface area contributed by atoms with E-state index in [0.717, 1.165) is 41.8 Å². The van der Waals surface area contributed by atoms with Crippen molar-refractivity contribution in [3.05, 3.63) is 105 Å². The third-order valence-corrected chi connectivity index (χ3v) is 9.35. The SMILES string of the molecule is O=C(O)c1ccc(C2CCN(C(=O)c3cc(NC(=O)c4nc(C5CC5)sc4-c4ccc(F)cc4)ccc3Cl)CC2)cc1. The number of rotatable bonds is 7. The number of amides is 2. The van der Waals surface area contributed by atoms with Crippen LogP contribution in [0.15, 0.2) is 66.7 Å². The lowest BCUT2D eigenvalue weighted by Crippen LogP contribution is -2.38. The first-order chi connectivity index (χ1) is 20.3. The molecule has 2 fully saturated rings. The van der Waals surface area contributed by atoms with Gasteiger partial charge in [-0.15, -0.1) is 11.3 Å². The highest BCUT2D eigenvalue weighted by atomic mass is 35.5. The average Bonchev–Trinajstić information content (AvgIpc) is 3.76. The Morgan fingerprint density at radius 2 is 1.62 bits per heavy atom. The van der Waals surface area contributed by atoms with Crippen LogP contribution in [0, 0.1) is 5.82 Å². The van der Waals surface area contributed by atoms with Gasteiger partial charge >= 0.3 is 5.97 Å². The number of nitrogens with zero attached hydrogens (tertiary/aromatic N) is 2. The third-order valence-electron chi connectivity index (χ3n) is 7.76. The molecule has 42 heavy (non-hydrogen) atoms. The second-order valence-corrected chi connectivity index (χ2v) is 12.1. The lowest BCUT2D eigenvalue weighted by atomic mass is 9.89. The molecule has 7 nitrogen and oxygen atoms in total. The lowest BCUT2D eigenvalue weighted by Gasteiger charge is -2.32. The summed E-state index contributed by atoms with van der Waals surface area (Å²) in [5, 5.41) is 13.2. The van der Waals surface area contributed by atoms with Gasteiger partial charge in [0.15, 0.2) is 0 Å². The van der Waals surface area contributed by atoms with Crippen molar-refractivity contribution >= 4 is 46.4 Å². The van der Waals surface area contributed by atoms with Crippen LogP contribution in [0.2, 0.25) is 5.02 Å². The molecule has 0 radical (unpaired) electrons. The van der Waals surface area contributed by atoms with Crippen molar-refractivity contribution in [2.75, 3.05) is 18.4 Å². The normalized spacial score (nSPS) is 15.4. The van der Waals surface area contributed by atoms with E-state index in [1.807, 2.05) is 12.1 Å². The third kappa shape index (κ3) is 5.93. The van der Waals surface area contributed by atoms with Gasteiger partial charge in [-0.25, -0.2) is 14.2 Å². The molecule has 3 aromatic carbocycles. The second-order valence-electron chi connectivity index (χ2n) is 10.7. The molecule has 1 aliphatic carbocycles. The molecular formula is C32H27ClFN3O4S. The Balaban J connectivity index is 1.16. The first-order valence-electron chi connectivity index (χ1n) is 13.8. The molecule has 0 atom stereocenters. The fraction of sp³-hybridized carbons (Fsp3) is 0.250. The van der Waals surface area contributed by atoms with Gasteiger partial charge in [-0.1, -0.05) is 35.9 Å². The topological polar surface area (TPSA) is 99.6 Å². The molecular weight excluding hydrogens is 577 g/mol. The zero-order chi connectivity index (χ0) is 29.4. The largest absolute Gasteiger partial charge is 0.478 e. The first kappa shape index (κ1) is 28.1. The number of carbonyl (C=O) groups excluding carboxylic acids is 2. The molecule has 1 aliphatic heterocycles. The lowest BCUT2D eigenvalue weighted by molar-refractivity contribution is 0.0691. The summed E-state index contributed by atoms with van der Waals surface area (Å²) in [6.07, 6.45) is 3.56. The van der Waals surface area contributed by atoms with E-state index in [9.17, 15) is 18.8 Å². The van der Waals surface area contributed by atoms with Gasteiger partial charge in [0.25, 0.3) is 11.8 Å². The Morgan fingerprint density at radius 3 is 2.26 bits per heavy atom. The van der Waals surface area contributed by atoms with Crippen LogP contribution in [0.1, 0.15) is 79.3 Å². The minimum atomic E-state index is -0.958. The Kier molecular flexibility index (Phi) is 7.79.